The van der Waals surface area contributed by atoms with E-state index in [0.717, 1.165) is 4.47 Å². The van der Waals surface area contributed by atoms with Crippen molar-refractivity contribution in [2.45, 2.75) is 11.0 Å². The molecule has 24 heavy (non-hydrogen) atoms. The largest absolute Gasteiger partial charge is 0.486 e. The molecule has 0 fully saturated rings. The van der Waals surface area contributed by atoms with Gasteiger partial charge in [0.25, 0.3) is 0 Å². The minimum Gasteiger partial charge on any atom is -0.486 e. The van der Waals surface area contributed by atoms with Crippen molar-refractivity contribution in [1.82, 2.24) is 4.31 Å². The van der Waals surface area contributed by atoms with Gasteiger partial charge in [-0.25, -0.2) is 8.42 Å². The number of benzene rings is 2. The van der Waals surface area contributed by atoms with E-state index in [4.69, 9.17) is 21.1 Å². The average Bonchev–Trinajstić information content (AvgIpc) is 2.54. The lowest BCUT2D eigenvalue weighted by Crippen LogP contribution is -2.41. The van der Waals surface area contributed by atoms with Crippen LogP contribution in [0.4, 0.5) is 0 Å². The van der Waals surface area contributed by atoms with E-state index in [2.05, 4.69) is 15.9 Å². The highest BCUT2D eigenvalue weighted by Gasteiger charge is 2.29. The minimum atomic E-state index is -3.72. The Morgan fingerprint density at radius 2 is 1.96 bits per heavy atom. The van der Waals surface area contributed by atoms with Crippen LogP contribution in [0.5, 0.6) is 11.5 Å². The van der Waals surface area contributed by atoms with E-state index in [-0.39, 0.29) is 23.1 Å². The van der Waals surface area contributed by atoms with Gasteiger partial charge in [-0.05, 0) is 30.3 Å². The lowest BCUT2D eigenvalue weighted by atomic mass is 10.2. The van der Waals surface area contributed by atoms with E-state index in [0.29, 0.717) is 11.5 Å². The van der Waals surface area contributed by atoms with E-state index < -0.39 is 16.1 Å². The Kier molecular flexibility index (Phi) is 5.05. The lowest BCUT2D eigenvalue weighted by Gasteiger charge is -2.29. The molecule has 0 saturated heterocycles. The predicted molar refractivity (Wildman–Crippen MR) is 95.3 cm³/mol. The van der Waals surface area contributed by atoms with Crippen molar-refractivity contribution < 1.29 is 17.9 Å². The number of hydrogen-bond donors (Lipinski definition) is 0. The molecule has 1 heterocycles. The molecular formula is C16H15BrClNO4S. The van der Waals surface area contributed by atoms with Crippen molar-refractivity contribution in [3.05, 3.63) is 52.0 Å². The minimum absolute atomic E-state index is 0.0620. The quantitative estimate of drug-likeness (QED) is 0.741. The highest BCUT2D eigenvalue weighted by atomic mass is 79.9. The van der Waals surface area contributed by atoms with Gasteiger partial charge in [-0.15, -0.1) is 0 Å². The molecule has 0 N–H and O–H groups in total. The maximum atomic E-state index is 12.7. The molecule has 1 atom stereocenters. The zero-order valence-electron chi connectivity index (χ0n) is 12.8. The maximum absolute atomic E-state index is 12.7. The van der Waals surface area contributed by atoms with Crippen LogP contribution >= 0.6 is 27.5 Å². The fourth-order valence-corrected chi connectivity index (χ4v) is 4.60. The first-order chi connectivity index (χ1) is 11.4. The summed E-state index contributed by atoms with van der Waals surface area (Å²) in [6.45, 7) is 0.438. The number of rotatable bonds is 4. The van der Waals surface area contributed by atoms with Gasteiger partial charge in [0.05, 0.1) is 11.6 Å². The third-order valence-corrected chi connectivity index (χ3v) is 6.41. The second kappa shape index (κ2) is 6.92. The van der Waals surface area contributed by atoms with Gasteiger partial charge >= 0.3 is 0 Å². The molecule has 128 valence electrons. The predicted octanol–water partition coefficient (Wildman–Crippen LogP) is 3.56. The molecule has 3 rings (SSSR count). The summed E-state index contributed by atoms with van der Waals surface area (Å²) in [5.74, 6) is 1.27. The molecule has 1 aliphatic rings. The number of sulfonamides is 1. The number of hydrogen-bond acceptors (Lipinski definition) is 4. The monoisotopic (exact) mass is 431 g/mol. The maximum Gasteiger partial charge on any atom is 0.244 e. The van der Waals surface area contributed by atoms with Crippen LogP contribution in [-0.2, 0) is 10.0 Å². The number of ether oxygens (including phenoxy) is 2. The molecule has 0 radical (unpaired) electrons. The third-order valence-electron chi connectivity index (χ3n) is 3.61. The standard InChI is InChI=1S/C16H15BrClNO4S/c1-19(24(20,21)16-7-6-11(17)8-13(16)18)9-12-10-22-14-4-2-3-5-15(14)23-12/h2-8,12H,9-10H2,1H3. The summed E-state index contributed by atoms with van der Waals surface area (Å²) in [4.78, 5) is 0.0620. The smallest absolute Gasteiger partial charge is 0.244 e. The first kappa shape index (κ1) is 17.5. The molecule has 0 aliphatic carbocycles. The van der Waals surface area contributed by atoms with E-state index in [1.165, 1.54) is 17.4 Å². The molecule has 2 aromatic carbocycles. The van der Waals surface area contributed by atoms with E-state index in [1.54, 1.807) is 18.2 Å². The fraction of sp³-hybridized carbons (Fsp3) is 0.250. The van der Waals surface area contributed by atoms with Crippen molar-refractivity contribution in [1.29, 1.82) is 0 Å². The SMILES string of the molecule is CN(CC1COc2ccccc2O1)S(=O)(=O)c1ccc(Br)cc1Cl. The zero-order chi connectivity index (χ0) is 17.3. The van der Waals surface area contributed by atoms with Gasteiger partial charge in [0.1, 0.15) is 17.6 Å². The van der Waals surface area contributed by atoms with Gasteiger partial charge in [-0.1, -0.05) is 39.7 Å². The Morgan fingerprint density at radius 3 is 2.67 bits per heavy atom. The molecule has 2 aromatic rings. The molecule has 8 heteroatoms. The van der Waals surface area contributed by atoms with E-state index in [9.17, 15) is 8.42 Å². The summed E-state index contributed by atoms with van der Waals surface area (Å²) in [6, 6.07) is 12.0. The highest BCUT2D eigenvalue weighted by molar-refractivity contribution is 9.10. The first-order valence-electron chi connectivity index (χ1n) is 7.18. The van der Waals surface area contributed by atoms with Crippen LogP contribution in [0.3, 0.4) is 0 Å². The number of para-hydroxylation sites is 2. The van der Waals surface area contributed by atoms with E-state index >= 15 is 0 Å². The molecule has 0 aromatic heterocycles. The average molecular weight is 433 g/mol. The Labute approximate surface area is 154 Å². The summed E-state index contributed by atoms with van der Waals surface area (Å²) < 4.78 is 38.8. The number of halogens is 2. The van der Waals surface area contributed by atoms with Crippen LogP contribution in [0, 0.1) is 0 Å². The van der Waals surface area contributed by atoms with Crippen molar-refractivity contribution in [3.63, 3.8) is 0 Å². The van der Waals surface area contributed by atoms with Gasteiger partial charge in [0.15, 0.2) is 11.5 Å². The van der Waals surface area contributed by atoms with Gasteiger partial charge in [0.2, 0.25) is 10.0 Å². The van der Waals surface area contributed by atoms with Crippen LogP contribution in [0.25, 0.3) is 0 Å². The van der Waals surface area contributed by atoms with Crippen LogP contribution < -0.4 is 9.47 Å². The summed E-state index contributed by atoms with van der Waals surface area (Å²) in [5.41, 5.74) is 0. The van der Waals surface area contributed by atoms with Gasteiger partial charge in [0, 0.05) is 11.5 Å². The fourth-order valence-electron chi connectivity index (χ4n) is 2.39. The van der Waals surface area contributed by atoms with Gasteiger partial charge in [-0.3, -0.25) is 0 Å². The normalized spacial score (nSPS) is 17.1. The lowest BCUT2D eigenvalue weighted by molar-refractivity contribution is 0.0798. The number of fused-ring (bicyclic) bond motifs is 1. The summed E-state index contributed by atoms with van der Waals surface area (Å²) in [7, 11) is -2.22. The molecule has 0 saturated carbocycles. The third kappa shape index (κ3) is 3.54. The van der Waals surface area contributed by atoms with Crippen molar-refractivity contribution in [2.24, 2.45) is 0 Å². The Morgan fingerprint density at radius 1 is 1.25 bits per heavy atom. The Bertz CT molecular complexity index is 859. The Balaban J connectivity index is 1.76. The number of likely N-dealkylation sites (N-methyl/N-ethyl adjacent to an activating group) is 1. The van der Waals surface area contributed by atoms with Crippen molar-refractivity contribution >= 4 is 37.6 Å². The zero-order valence-corrected chi connectivity index (χ0v) is 15.9. The molecule has 0 bridgehead atoms. The van der Waals surface area contributed by atoms with Crippen LogP contribution in [-0.4, -0.2) is 39.0 Å². The van der Waals surface area contributed by atoms with Crippen LogP contribution in [0.15, 0.2) is 51.8 Å². The van der Waals surface area contributed by atoms with E-state index in [1.807, 2.05) is 18.2 Å². The summed E-state index contributed by atoms with van der Waals surface area (Å²) >= 11 is 9.34. The molecular weight excluding hydrogens is 418 g/mol. The molecule has 1 aliphatic heterocycles. The van der Waals surface area contributed by atoms with Crippen molar-refractivity contribution in [2.75, 3.05) is 20.2 Å². The molecule has 5 nitrogen and oxygen atoms in total. The van der Waals surface area contributed by atoms with Crippen LogP contribution in [0.2, 0.25) is 5.02 Å². The summed E-state index contributed by atoms with van der Waals surface area (Å²) in [5, 5.41) is 0.169. The summed E-state index contributed by atoms with van der Waals surface area (Å²) in [6.07, 6.45) is -0.395. The second-order valence-corrected chi connectivity index (χ2v) is 8.69. The molecule has 1 unspecified atom stereocenters. The molecule has 0 amide bonds. The Hall–Kier alpha value is -1.28. The highest BCUT2D eigenvalue weighted by Crippen LogP contribution is 2.32. The topological polar surface area (TPSA) is 55.8 Å². The molecule has 0 spiro atoms. The number of nitrogens with zero attached hydrogens (tertiary/aromatic N) is 1. The second-order valence-electron chi connectivity index (χ2n) is 5.36. The van der Waals surface area contributed by atoms with Crippen molar-refractivity contribution in [3.8, 4) is 11.5 Å². The van der Waals surface area contributed by atoms with Gasteiger partial charge < -0.3 is 9.47 Å². The first-order valence-corrected chi connectivity index (χ1v) is 9.79. The van der Waals surface area contributed by atoms with Gasteiger partial charge in [-0.2, -0.15) is 4.31 Å². The van der Waals surface area contributed by atoms with Crippen LogP contribution in [0.1, 0.15) is 0 Å².